The highest BCUT2D eigenvalue weighted by atomic mass is 16.6. The van der Waals surface area contributed by atoms with Gasteiger partial charge in [-0.25, -0.2) is 9.59 Å². The second-order valence-electron chi connectivity index (χ2n) is 27.6. The van der Waals surface area contributed by atoms with Crippen LogP contribution in [0.1, 0.15) is 224 Å². The van der Waals surface area contributed by atoms with Gasteiger partial charge < -0.3 is 61.3 Å². The topological polar surface area (TPSA) is 329 Å². The summed E-state index contributed by atoms with van der Waals surface area (Å²) in [4.78, 5) is 152. The number of aliphatic carboxylic acids is 1. The monoisotopic (exact) mass is 1320 g/mol. The first-order valence-electron chi connectivity index (χ1n) is 33.9. The van der Waals surface area contributed by atoms with E-state index in [1.54, 1.807) is 103 Å². The fourth-order valence-corrected chi connectivity index (χ4v) is 10.2. The van der Waals surface area contributed by atoms with Crippen molar-refractivity contribution in [1.82, 2.24) is 37.2 Å². The average molecular weight is 1320 g/mol. The minimum Gasteiger partial charge on any atom is -0.481 e. The number of unbranched alkanes of at least 4 members (excludes halogenated alkanes) is 8. The molecule has 23 nitrogen and oxygen atoms in total. The molecule has 0 spiro atoms. The molecule has 0 bridgehead atoms. The standard InChI is InChI=1S/C71H113N7O16/c1-15-16-17-18-19-20-21-22-29-34-52(41-59(79)80)93-69(89)58(40-48(8)9)76-65(85)55(38-46(4)5)73-66(86)57(42-61(82)92-44-51-32-27-24-28-33-51)75-68(88)62(49(10)11)78-67(87)56(39-47(6)7)74-64(84)54(37-45(2)3)72-63(83)53(77-70(90)94-71(12,13)14)35-36-60(81)91-43-50-30-25-23-26-31-50/h23-28,30-33,45-49,52-58,62H,15-22,29,34-44H2,1-14H3,(H,72,83)(H,73,86)(H,74,84)(H,75,88)(H,76,85)(H,77,90)(H,78,87)(H,79,80)/t52-,53-,54-,55+,56+,57-,58-,62-/m0/s1. The van der Waals surface area contributed by atoms with Crippen molar-refractivity contribution in [3.05, 3.63) is 71.8 Å². The van der Waals surface area contributed by atoms with E-state index in [-0.39, 0.29) is 75.4 Å². The predicted octanol–water partition coefficient (Wildman–Crippen LogP) is 9.59. The van der Waals surface area contributed by atoms with Gasteiger partial charge in [0.25, 0.3) is 0 Å². The number of amides is 7. The summed E-state index contributed by atoms with van der Waals surface area (Å²) in [5, 5.41) is 28.5. The largest absolute Gasteiger partial charge is 0.481 e. The highest BCUT2D eigenvalue weighted by molar-refractivity contribution is 5.98. The van der Waals surface area contributed by atoms with Gasteiger partial charge in [0.05, 0.1) is 12.8 Å². The molecule has 0 aliphatic rings. The second-order valence-corrected chi connectivity index (χ2v) is 27.6. The fourth-order valence-electron chi connectivity index (χ4n) is 10.2. The zero-order valence-corrected chi connectivity index (χ0v) is 58.5. The Morgan fingerprint density at radius 3 is 1.27 bits per heavy atom. The third-order valence-electron chi connectivity index (χ3n) is 15.0. The van der Waals surface area contributed by atoms with E-state index in [2.05, 4.69) is 44.1 Å². The number of alkyl carbamates (subject to hydrolysis) is 1. The van der Waals surface area contributed by atoms with E-state index >= 15 is 0 Å². The van der Waals surface area contributed by atoms with Crippen LogP contribution in [0.5, 0.6) is 0 Å². The van der Waals surface area contributed by atoms with Gasteiger partial charge in [-0.05, 0) is 106 Å². The molecule has 7 amide bonds. The van der Waals surface area contributed by atoms with Crippen LogP contribution in [0.25, 0.3) is 0 Å². The average Bonchev–Trinajstić information content (AvgIpc) is 0.881. The number of rotatable bonds is 45. The van der Waals surface area contributed by atoms with Crippen molar-refractivity contribution < 1.29 is 76.8 Å². The van der Waals surface area contributed by atoms with E-state index in [0.717, 1.165) is 37.7 Å². The number of hydrogen-bond acceptors (Lipinski definition) is 15. The van der Waals surface area contributed by atoms with Crippen LogP contribution < -0.4 is 37.2 Å². The van der Waals surface area contributed by atoms with E-state index in [0.29, 0.717) is 18.4 Å². The molecular weight excluding hydrogens is 1210 g/mol. The van der Waals surface area contributed by atoms with Gasteiger partial charge in [-0.3, -0.25) is 43.2 Å². The first-order chi connectivity index (χ1) is 44.3. The van der Waals surface area contributed by atoms with Crippen molar-refractivity contribution in [3.63, 3.8) is 0 Å². The van der Waals surface area contributed by atoms with Gasteiger partial charge in [0, 0.05) is 6.42 Å². The molecule has 0 aliphatic heterocycles. The second kappa shape index (κ2) is 44.1. The molecule has 528 valence electrons. The summed E-state index contributed by atoms with van der Waals surface area (Å²) in [6.45, 7) is 24.7. The molecule has 2 rings (SSSR count). The lowest BCUT2D eigenvalue weighted by atomic mass is 9.98. The first-order valence-corrected chi connectivity index (χ1v) is 33.9. The summed E-state index contributed by atoms with van der Waals surface area (Å²) in [7, 11) is 0. The molecule has 94 heavy (non-hydrogen) atoms. The van der Waals surface area contributed by atoms with Crippen molar-refractivity contribution >= 4 is 65.4 Å². The van der Waals surface area contributed by atoms with Crippen LogP contribution in [0.2, 0.25) is 0 Å². The lowest BCUT2D eigenvalue weighted by Gasteiger charge is -2.30. The Hall–Kier alpha value is -7.59. The van der Waals surface area contributed by atoms with Crippen LogP contribution in [0.4, 0.5) is 4.79 Å². The van der Waals surface area contributed by atoms with E-state index in [1.165, 1.54) is 19.3 Å². The number of carbonyl (C=O) groups excluding carboxylic acids is 10. The molecule has 0 unspecified atom stereocenters. The summed E-state index contributed by atoms with van der Waals surface area (Å²) in [5.74, 6) is -10.0. The molecule has 0 radical (unpaired) electrons. The van der Waals surface area contributed by atoms with E-state index in [1.807, 2.05) is 47.6 Å². The summed E-state index contributed by atoms with van der Waals surface area (Å²) in [6.07, 6.45) is 6.39. The third kappa shape index (κ3) is 36.2. The molecule has 8 atom stereocenters. The normalized spacial score (nSPS) is 14.1. The van der Waals surface area contributed by atoms with E-state index in [9.17, 15) is 57.8 Å². The number of carbonyl (C=O) groups is 11. The quantitative estimate of drug-likeness (QED) is 0.0174. The summed E-state index contributed by atoms with van der Waals surface area (Å²) < 4.78 is 22.2. The Balaban J connectivity index is 2.46. The number of hydrogen-bond donors (Lipinski definition) is 8. The number of esters is 3. The van der Waals surface area contributed by atoms with E-state index in [4.69, 9.17) is 18.9 Å². The van der Waals surface area contributed by atoms with Crippen LogP contribution >= 0.6 is 0 Å². The smallest absolute Gasteiger partial charge is 0.408 e. The molecule has 2 aromatic carbocycles. The number of ether oxygens (including phenoxy) is 4. The van der Waals surface area contributed by atoms with Gasteiger partial charge >= 0.3 is 30.0 Å². The van der Waals surface area contributed by atoms with Gasteiger partial charge in [-0.15, -0.1) is 0 Å². The summed E-state index contributed by atoms with van der Waals surface area (Å²) in [5.41, 5.74) is 0.430. The van der Waals surface area contributed by atoms with Crippen LogP contribution in [-0.2, 0) is 80.1 Å². The lowest BCUT2D eigenvalue weighted by Crippen LogP contribution is -2.61. The molecule has 0 heterocycles. The van der Waals surface area contributed by atoms with Gasteiger partial charge in [0.2, 0.25) is 35.4 Å². The van der Waals surface area contributed by atoms with Gasteiger partial charge in [0.15, 0.2) is 0 Å². The van der Waals surface area contributed by atoms with Crippen LogP contribution in [-0.4, -0.2) is 125 Å². The maximum atomic E-state index is 14.7. The Kier molecular flexibility index (Phi) is 38.7. The summed E-state index contributed by atoms with van der Waals surface area (Å²) >= 11 is 0. The van der Waals surface area contributed by atoms with Crippen molar-refractivity contribution in [1.29, 1.82) is 0 Å². The maximum Gasteiger partial charge on any atom is 0.408 e. The fraction of sp³-hybridized carbons (Fsp3) is 0.676. The summed E-state index contributed by atoms with van der Waals surface area (Å²) in [6, 6.07) is 8.08. The number of benzene rings is 2. The first kappa shape index (κ1) is 82.5. The van der Waals surface area contributed by atoms with Gasteiger partial charge in [-0.1, -0.05) is 188 Å². The third-order valence-corrected chi connectivity index (χ3v) is 15.0. The lowest BCUT2D eigenvalue weighted by molar-refractivity contribution is -0.157. The Morgan fingerprint density at radius 2 is 0.830 bits per heavy atom. The zero-order valence-electron chi connectivity index (χ0n) is 58.5. The molecule has 23 heteroatoms. The number of nitrogens with one attached hydrogen (secondary N) is 7. The minimum absolute atomic E-state index is 0.0194. The van der Waals surface area contributed by atoms with Crippen molar-refractivity contribution in [2.24, 2.45) is 29.6 Å². The van der Waals surface area contributed by atoms with Crippen LogP contribution in [0.3, 0.4) is 0 Å². The van der Waals surface area contributed by atoms with Gasteiger partial charge in [0.1, 0.15) is 67.2 Å². The molecule has 0 saturated carbocycles. The zero-order chi connectivity index (χ0) is 70.5. The van der Waals surface area contributed by atoms with E-state index < -0.39 is 138 Å². The molecular formula is C71H113N7O16. The molecule has 0 fully saturated rings. The predicted molar refractivity (Wildman–Crippen MR) is 358 cm³/mol. The SMILES string of the molecule is CCCCCCCCCCC[C@@H](CC(=O)O)OC(=O)[C@H](CC(C)C)NC(=O)[C@@H](CC(C)C)NC(=O)[C@H](CC(=O)OCc1ccccc1)NC(=O)[C@@H](NC(=O)[C@@H](CC(C)C)NC(=O)[C@H](CC(C)C)NC(=O)[C@H](CCC(=O)OCc1ccccc1)NC(=O)OC(C)(C)C)C(C)C. The molecule has 0 aliphatic carbocycles. The molecule has 0 aromatic heterocycles. The van der Waals surface area contributed by atoms with Crippen molar-refractivity contribution in [3.8, 4) is 0 Å². The highest BCUT2D eigenvalue weighted by Gasteiger charge is 2.38. The molecule has 8 N–H and O–H groups in total. The Bertz CT molecular complexity index is 2660. The Labute approximate surface area is 558 Å². The van der Waals surface area contributed by atoms with Gasteiger partial charge in [-0.2, -0.15) is 0 Å². The number of carboxylic acids is 1. The van der Waals surface area contributed by atoms with Crippen LogP contribution in [0, 0.1) is 29.6 Å². The van der Waals surface area contributed by atoms with Crippen LogP contribution in [0.15, 0.2) is 60.7 Å². The molecule has 0 saturated heterocycles. The maximum absolute atomic E-state index is 14.7. The highest BCUT2D eigenvalue weighted by Crippen LogP contribution is 2.19. The Morgan fingerprint density at radius 1 is 0.436 bits per heavy atom. The van der Waals surface area contributed by atoms with Crippen molar-refractivity contribution in [2.45, 2.75) is 280 Å². The molecule has 2 aromatic rings. The number of carboxylic acid groups (broad SMARTS) is 1. The van der Waals surface area contributed by atoms with Crippen molar-refractivity contribution in [2.75, 3.05) is 0 Å². The minimum atomic E-state index is -1.70.